The summed E-state index contributed by atoms with van der Waals surface area (Å²) in [5.41, 5.74) is 1.40. The van der Waals surface area contributed by atoms with Crippen LogP contribution >= 0.6 is 23.1 Å². The van der Waals surface area contributed by atoms with Gasteiger partial charge in [-0.3, -0.25) is 0 Å². The molecule has 1 atom stereocenters. The van der Waals surface area contributed by atoms with Crippen molar-refractivity contribution in [1.82, 2.24) is 10.3 Å². The Kier molecular flexibility index (Phi) is 4.34. The van der Waals surface area contributed by atoms with Gasteiger partial charge in [-0.05, 0) is 19.4 Å². The van der Waals surface area contributed by atoms with Gasteiger partial charge in [0.25, 0.3) is 0 Å². The third-order valence-corrected chi connectivity index (χ3v) is 6.00. The summed E-state index contributed by atoms with van der Waals surface area (Å²) in [6.07, 6.45) is 2.68. The van der Waals surface area contributed by atoms with Crippen LogP contribution in [0.2, 0.25) is 0 Å². The molecule has 3 rings (SSSR count). The Morgan fingerprint density at radius 1 is 1.42 bits per heavy atom. The summed E-state index contributed by atoms with van der Waals surface area (Å²) in [6.45, 7) is 8.84. The van der Waals surface area contributed by atoms with E-state index in [-0.39, 0.29) is 0 Å². The number of anilines is 1. The monoisotopic (exact) mass is 297 g/mol. The summed E-state index contributed by atoms with van der Waals surface area (Å²) in [6, 6.07) is 0. The van der Waals surface area contributed by atoms with E-state index in [0.29, 0.717) is 0 Å². The minimum absolute atomic E-state index is 0.735. The Morgan fingerprint density at radius 2 is 2.26 bits per heavy atom. The molecule has 1 N–H and O–H groups in total. The Hall–Kier alpha value is -0.260. The van der Waals surface area contributed by atoms with Crippen LogP contribution in [-0.4, -0.2) is 35.6 Å². The predicted molar refractivity (Wildman–Crippen MR) is 85.6 cm³/mol. The molecule has 0 radical (unpaired) electrons. The quantitative estimate of drug-likeness (QED) is 0.904. The van der Waals surface area contributed by atoms with Crippen molar-refractivity contribution < 1.29 is 0 Å². The SMILES string of the molecule is CCNCc1sc(N2CCSC(C)C2)nc1C1CC1. The highest BCUT2D eigenvalue weighted by molar-refractivity contribution is 8.00. The molecule has 0 amide bonds. The molecule has 2 fully saturated rings. The lowest BCUT2D eigenvalue weighted by Crippen LogP contribution is -2.36. The summed E-state index contributed by atoms with van der Waals surface area (Å²) >= 11 is 4.00. The second kappa shape index (κ2) is 6.02. The lowest BCUT2D eigenvalue weighted by Gasteiger charge is -2.30. The predicted octanol–water partition coefficient (Wildman–Crippen LogP) is 3.07. The van der Waals surface area contributed by atoms with Gasteiger partial charge in [0, 0.05) is 41.4 Å². The topological polar surface area (TPSA) is 28.2 Å². The van der Waals surface area contributed by atoms with Crippen molar-refractivity contribution >= 4 is 28.2 Å². The number of thiazole rings is 1. The Morgan fingerprint density at radius 3 is 2.95 bits per heavy atom. The van der Waals surface area contributed by atoms with Crippen LogP contribution < -0.4 is 10.2 Å². The molecule has 1 aliphatic heterocycles. The lowest BCUT2D eigenvalue weighted by atomic mass is 10.2. The first-order valence-electron chi connectivity index (χ1n) is 7.34. The summed E-state index contributed by atoms with van der Waals surface area (Å²) in [5.74, 6) is 2.00. The van der Waals surface area contributed by atoms with E-state index < -0.39 is 0 Å². The van der Waals surface area contributed by atoms with E-state index in [9.17, 15) is 0 Å². The van der Waals surface area contributed by atoms with Crippen molar-refractivity contribution in [2.75, 3.05) is 30.3 Å². The second-order valence-electron chi connectivity index (χ2n) is 5.49. The molecule has 0 spiro atoms. The van der Waals surface area contributed by atoms with Gasteiger partial charge in [0.15, 0.2) is 5.13 Å². The zero-order valence-corrected chi connectivity index (χ0v) is 13.4. The van der Waals surface area contributed by atoms with Crippen molar-refractivity contribution in [2.24, 2.45) is 0 Å². The van der Waals surface area contributed by atoms with Crippen LogP contribution in [-0.2, 0) is 6.54 Å². The highest BCUT2D eigenvalue weighted by Gasteiger charge is 2.31. The fourth-order valence-electron chi connectivity index (χ4n) is 2.52. The molecule has 1 aromatic heterocycles. The molecule has 2 aliphatic rings. The van der Waals surface area contributed by atoms with Gasteiger partial charge < -0.3 is 10.2 Å². The van der Waals surface area contributed by atoms with Gasteiger partial charge in [0.1, 0.15) is 0 Å². The number of nitrogens with zero attached hydrogens (tertiary/aromatic N) is 2. The molecule has 0 bridgehead atoms. The highest BCUT2D eigenvalue weighted by atomic mass is 32.2. The summed E-state index contributed by atoms with van der Waals surface area (Å²) in [4.78, 5) is 8.95. The van der Waals surface area contributed by atoms with Crippen molar-refractivity contribution in [3.63, 3.8) is 0 Å². The number of hydrogen-bond donors (Lipinski definition) is 1. The smallest absolute Gasteiger partial charge is 0.185 e. The highest BCUT2D eigenvalue weighted by Crippen LogP contribution is 2.44. The molecule has 1 saturated heterocycles. The van der Waals surface area contributed by atoms with E-state index in [2.05, 4.69) is 35.8 Å². The van der Waals surface area contributed by atoms with Crippen LogP contribution in [0.25, 0.3) is 0 Å². The van der Waals surface area contributed by atoms with Crippen molar-refractivity contribution in [3.05, 3.63) is 10.6 Å². The first-order valence-corrected chi connectivity index (χ1v) is 9.21. The average molecular weight is 297 g/mol. The summed E-state index contributed by atoms with van der Waals surface area (Å²) in [5, 5.41) is 5.46. The largest absolute Gasteiger partial charge is 0.346 e. The molecule has 1 unspecified atom stereocenters. The normalized spacial score (nSPS) is 23.9. The van der Waals surface area contributed by atoms with Crippen molar-refractivity contribution in [2.45, 2.75) is 44.4 Å². The lowest BCUT2D eigenvalue weighted by molar-refractivity contribution is 0.726. The maximum absolute atomic E-state index is 4.98. The molecule has 5 heteroatoms. The van der Waals surface area contributed by atoms with Crippen LogP contribution in [0, 0.1) is 0 Å². The van der Waals surface area contributed by atoms with E-state index in [1.807, 2.05) is 11.3 Å². The van der Waals surface area contributed by atoms with Crippen LogP contribution in [0.15, 0.2) is 0 Å². The molecule has 19 heavy (non-hydrogen) atoms. The van der Waals surface area contributed by atoms with Crippen LogP contribution in [0.5, 0.6) is 0 Å². The summed E-state index contributed by atoms with van der Waals surface area (Å²) < 4.78 is 0. The molecular weight excluding hydrogens is 274 g/mol. The average Bonchev–Trinajstić information content (AvgIpc) is 3.17. The van der Waals surface area contributed by atoms with Crippen LogP contribution in [0.4, 0.5) is 5.13 Å². The first kappa shape index (κ1) is 13.7. The van der Waals surface area contributed by atoms with Gasteiger partial charge in [-0.2, -0.15) is 11.8 Å². The number of rotatable bonds is 5. The van der Waals surface area contributed by atoms with E-state index >= 15 is 0 Å². The molecular formula is C14H23N3S2. The zero-order chi connectivity index (χ0) is 13.2. The van der Waals surface area contributed by atoms with Gasteiger partial charge in [-0.15, -0.1) is 11.3 Å². The fourth-order valence-corrected chi connectivity index (χ4v) is 4.68. The van der Waals surface area contributed by atoms with Gasteiger partial charge in [-0.25, -0.2) is 4.98 Å². The van der Waals surface area contributed by atoms with Gasteiger partial charge >= 0.3 is 0 Å². The number of aromatic nitrogens is 1. The molecule has 1 aromatic rings. The molecule has 106 valence electrons. The van der Waals surface area contributed by atoms with Gasteiger partial charge in [0.05, 0.1) is 5.69 Å². The van der Waals surface area contributed by atoms with E-state index in [1.165, 1.54) is 34.3 Å². The van der Waals surface area contributed by atoms with E-state index in [1.54, 1.807) is 0 Å². The molecule has 3 nitrogen and oxygen atoms in total. The second-order valence-corrected chi connectivity index (χ2v) is 8.10. The van der Waals surface area contributed by atoms with Crippen molar-refractivity contribution in [1.29, 1.82) is 0 Å². The first-order chi connectivity index (χ1) is 9.28. The van der Waals surface area contributed by atoms with E-state index in [0.717, 1.165) is 37.3 Å². The fraction of sp³-hybridized carbons (Fsp3) is 0.786. The minimum atomic E-state index is 0.735. The van der Waals surface area contributed by atoms with Gasteiger partial charge in [-0.1, -0.05) is 13.8 Å². The van der Waals surface area contributed by atoms with Crippen LogP contribution in [0.3, 0.4) is 0 Å². The molecule has 1 saturated carbocycles. The Labute approximate surface area is 124 Å². The maximum atomic E-state index is 4.98. The Balaban J connectivity index is 1.77. The standard InChI is InChI=1S/C14H23N3S2/c1-3-15-8-12-13(11-4-5-11)16-14(19-12)17-6-7-18-10(2)9-17/h10-11,15H,3-9H2,1-2H3. The third kappa shape index (κ3) is 3.26. The number of thioether (sulfide) groups is 1. The third-order valence-electron chi connectivity index (χ3n) is 3.73. The molecule has 0 aromatic carbocycles. The molecule has 2 heterocycles. The number of nitrogens with one attached hydrogen (secondary N) is 1. The molecule has 1 aliphatic carbocycles. The zero-order valence-electron chi connectivity index (χ0n) is 11.8. The van der Waals surface area contributed by atoms with Gasteiger partial charge in [0.2, 0.25) is 0 Å². The minimum Gasteiger partial charge on any atom is -0.346 e. The summed E-state index contributed by atoms with van der Waals surface area (Å²) in [7, 11) is 0. The Bertz CT molecular complexity index is 428. The van der Waals surface area contributed by atoms with E-state index in [4.69, 9.17) is 4.98 Å². The maximum Gasteiger partial charge on any atom is 0.185 e. The van der Waals surface area contributed by atoms with Crippen LogP contribution in [0.1, 0.15) is 43.2 Å². The van der Waals surface area contributed by atoms with Crippen molar-refractivity contribution in [3.8, 4) is 0 Å². The number of hydrogen-bond acceptors (Lipinski definition) is 5.